The van der Waals surface area contributed by atoms with E-state index in [-0.39, 0.29) is 12.5 Å². The number of benzene rings is 1. The van der Waals surface area contributed by atoms with Crippen molar-refractivity contribution in [2.75, 3.05) is 41.6 Å². The van der Waals surface area contributed by atoms with Crippen molar-refractivity contribution in [2.45, 2.75) is 39.5 Å². The first-order valence-electron chi connectivity index (χ1n) is 9.37. The van der Waals surface area contributed by atoms with Crippen molar-refractivity contribution in [1.82, 2.24) is 5.32 Å². The van der Waals surface area contributed by atoms with Crippen molar-refractivity contribution >= 4 is 27.3 Å². The van der Waals surface area contributed by atoms with Gasteiger partial charge in [0.15, 0.2) is 0 Å². The zero-order valence-electron chi connectivity index (χ0n) is 16.1. The third-order valence-electron chi connectivity index (χ3n) is 4.59. The Morgan fingerprint density at radius 3 is 2.31 bits per heavy atom. The molecule has 1 fully saturated rings. The van der Waals surface area contributed by atoms with Crippen molar-refractivity contribution in [1.29, 1.82) is 0 Å². The second kappa shape index (κ2) is 9.26. The molecular formula is C19H31N3O3S. The Morgan fingerprint density at radius 2 is 1.77 bits per heavy atom. The summed E-state index contributed by atoms with van der Waals surface area (Å²) in [6.07, 6.45) is 5.64. The highest BCUT2D eigenvalue weighted by Crippen LogP contribution is 2.24. The van der Waals surface area contributed by atoms with Gasteiger partial charge in [-0.05, 0) is 55.9 Å². The molecule has 146 valence electrons. The quantitative estimate of drug-likeness (QED) is 0.751. The van der Waals surface area contributed by atoms with Crippen LogP contribution in [0.4, 0.5) is 11.4 Å². The van der Waals surface area contributed by atoms with E-state index in [0.29, 0.717) is 18.2 Å². The van der Waals surface area contributed by atoms with Gasteiger partial charge in [0.1, 0.15) is 6.54 Å². The molecular weight excluding hydrogens is 350 g/mol. The van der Waals surface area contributed by atoms with Crippen molar-refractivity contribution in [3.8, 4) is 0 Å². The molecule has 1 aliphatic heterocycles. The number of carbonyl (C=O) groups excluding carboxylic acids is 1. The van der Waals surface area contributed by atoms with E-state index in [1.165, 1.54) is 19.3 Å². The number of nitrogens with zero attached hydrogens (tertiary/aromatic N) is 2. The Kier molecular flexibility index (Phi) is 7.32. The van der Waals surface area contributed by atoms with E-state index < -0.39 is 10.0 Å². The predicted molar refractivity (Wildman–Crippen MR) is 107 cm³/mol. The fourth-order valence-electron chi connectivity index (χ4n) is 3.07. The van der Waals surface area contributed by atoms with E-state index in [1.807, 2.05) is 12.1 Å². The standard InChI is InChI=1S/C19H31N3O3S/c1-16(2)11-12-20-19(23)15-22(26(3,24)25)18-9-7-17(8-10-18)21-13-5-4-6-14-21/h7-10,16H,4-6,11-15H2,1-3H3,(H,20,23). The number of anilines is 2. The molecule has 0 bridgehead atoms. The fraction of sp³-hybridized carbons (Fsp3) is 0.632. The van der Waals surface area contributed by atoms with E-state index in [9.17, 15) is 13.2 Å². The molecule has 1 amide bonds. The Bertz CT molecular complexity index is 680. The number of carbonyl (C=O) groups is 1. The van der Waals surface area contributed by atoms with Crippen LogP contribution < -0.4 is 14.5 Å². The second-order valence-electron chi connectivity index (χ2n) is 7.37. The number of piperidine rings is 1. The van der Waals surface area contributed by atoms with Gasteiger partial charge in [-0.3, -0.25) is 9.10 Å². The summed E-state index contributed by atoms with van der Waals surface area (Å²) >= 11 is 0. The molecule has 0 spiro atoms. The van der Waals surface area contributed by atoms with E-state index in [1.54, 1.807) is 12.1 Å². The molecule has 0 aliphatic carbocycles. The molecule has 0 aromatic heterocycles. The van der Waals surface area contributed by atoms with Gasteiger partial charge in [0, 0.05) is 25.3 Å². The summed E-state index contributed by atoms with van der Waals surface area (Å²) in [5.74, 6) is 0.208. The topological polar surface area (TPSA) is 69.7 Å². The van der Waals surface area contributed by atoms with Crippen LogP contribution in [-0.2, 0) is 14.8 Å². The average Bonchev–Trinajstić information content (AvgIpc) is 2.59. The maximum Gasteiger partial charge on any atom is 0.240 e. The van der Waals surface area contributed by atoms with E-state index in [4.69, 9.17) is 0 Å². The summed E-state index contributed by atoms with van der Waals surface area (Å²) in [4.78, 5) is 14.5. The Balaban J connectivity index is 2.05. The lowest BCUT2D eigenvalue weighted by Gasteiger charge is -2.29. The molecule has 7 heteroatoms. The van der Waals surface area contributed by atoms with Gasteiger partial charge in [-0.15, -0.1) is 0 Å². The van der Waals surface area contributed by atoms with Crippen LogP contribution in [0.25, 0.3) is 0 Å². The molecule has 0 radical (unpaired) electrons. The minimum absolute atomic E-state index is 0.194. The highest BCUT2D eigenvalue weighted by Gasteiger charge is 2.21. The highest BCUT2D eigenvalue weighted by atomic mass is 32.2. The summed E-state index contributed by atoms with van der Waals surface area (Å²) in [6.45, 7) is 6.60. The van der Waals surface area contributed by atoms with Crippen molar-refractivity contribution < 1.29 is 13.2 Å². The third kappa shape index (κ3) is 6.20. The number of nitrogens with one attached hydrogen (secondary N) is 1. The zero-order valence-corrected chi connectivity index (χ0v) is 16.9. The second-order valence-corrected chi connectivity index (χ2v) is 9.27. The largest absolute Gasteiger partial charge is 0.372 e. The van der Waals surface area contributed by atoms with Crippen LogP contribution >= 0.6 is 0 Å². The molecule has 1 aromatic carbocycles. The summed E-state index contributed by atoms with van der Waals surface area (Å²) < 4.78 is 25.5. The zero-order chi connectivity index (χ0) is 19.2. The fourth-order valence-corrected chi connectivity index (χ4v) is 3.92. The molecule has 0 atom stereocenters. The lowest BCUT2D eigenvalue weighted by molar-refractivity contribution is -0.119. The summed E-state index contributed by atoms with van der Waals surface area (Å²) in [6, 6.07) is 7.45. The minimum Gasteiger partial charge on any atom is -0.372 e. The van der Waals surface area contributed by atoms with E-state index in [0.717, 1.165) is 35.8 Å². The molecule has 1 heterocycles. The monoisotopic (exact) mass is 381 g/mol. The van der Waals surface area contributed by atoms with Gasteiger partial charge >= 0.3 is 0 Å². The Hall–Kier alpha value is -1.76. The Morgan fingerprint density at radius 1 is 1.15 bits per heavy atom. The van der Waals surface area contributed by atoms with E-state index >= 15 is 0 Å². The molecule has 1 saturated heterocycles. The number of hydrogen-bond donors (Lipinski definition) is 1. The summed E-state index contributed by atoms with van der Waals surface area (Å²) in [5.41, 5.74) is 1.62. The van der Waals surface area contributed by atoms with Gasteiger partial charge in [-0.2, -0.15) is 0 Å². The van der Waals surface area contributed by atoms with Gasteiger partial charge in [0.05, 0.1) is 11.9 Å². The summed E-state index contributed by atoms with van der Waals surface area (Å²) in [5, 5.41) is 2.80. The highest BCUT2D eigenvalue weighted by molar-refractivity contribution is 7.92. The first-order valence-corrected chi connectivity index (χ1v) is 11.2. The smallest absolute Gasteiger partial charge is 0.240 e. The van der Waals surface area contributed by atoms with Gasteiger partial charge in [-0.25, -0.2) is 8.42 Å². The minimum atomic E-state index is -3.53. The number of sulfonamides is 1. The van der Waals surface area contributed by atoms with Crippen LogP contribution in [0.5, 0.6) is 0 Å². The van der Waals surface area contributed by atoms with Crippen molar-refractivity contribution in [3.05, 3.63) is 24.3 Å². The van der Waals surface area contributed by atoms with Gasteiger partial charge < -0.3 is 10.2 Å². The molecule has 2 rings (SSSR count). The first kappa shape index (κ1) is 20.6. The van der Waals surface area contributed by atoms with Gasteiger partial charge in [0.2, 0.25) is 15.9 Å². The van der Waals surface area contributed by atoms with Crippen LogP contribution in [0, 0.1) is 5.92 Å². The molecule has 0 saturated carbocycles. The molecule has 1 aromatic rings. The lowest BCUT2D eigenvalue weighted by atomic mass is 10.1. The van der Waals surface area contributed by atoms with Crippen LogP contribution in [0.1, 0.15) is 39.5 Å². The van der Waals surface area contributed by atoms with Crippen LogP contribution in [0.2, 0.25) is 0 Å². The predicted octanol–water partition coefficient (Wildman–Crippen LogP) is 2.61. The number of amides is 1. The van der Waals surface area contributed by atoms with Gasteiger partial charge in [-0.1, -0.05) is 13.8 Å². The van der Waals surface area contributed by atoms with Crippen LogP contribution in [-0.4, -0.2) is 46.8 Å². The van der Waals surface area contributed by atoms with E-state index in [2.05, 4.69) is 24.1 Å². The Labute approximate surface area is 157 Å². The molecule has 1 N–H and O–H groups in total. The number of hydrogen-bond acceptors (Lipinski definition) is 4. The maximum absolute atomic E-state index is 12.2. The van der Waals surface area contributed by atoms with Crippen molar-refractivity contribution in [3.63, 3.8) is 0 Å². The summed E-state index contributed by atoms with van der Waals surface area (Å²) in [7, 11) is -3.53. The number of rotatable bonds is 8. The molecule has 1 aliphatic rings. The first-order chi connectivity index (χ1) is 12.3. The average molecular weight is 382 g/mol. The van der Waals surface area contributed by atoms with Crippen LogP contribution in [0.15, 0.2) is 24.3 Å². The van der Waals surface area contributed by atoms with Gasteiger partial charge in [0.25, 0.3) is 0 Å². The SMILES string of the molecule is CC(C)CCNC(=O)CN(c1ccc(N2CCCCC2)cc1)S(C)(=O)=O. The molecule has 6 nitrogen and oxygen atoms in total. The molecule has 0 unspecified atom stereocenters. The maximum atomic E-state index is 12.2. The lowest BCUT2D eigenvalue weighted by Crippen LogP contribution is -2.40. The molecule has 26 heavy (non-hydrogen) atoms. The van der Waals surface area contributed by atoms with Crippen molar-refractivity contribution in [2.24, 2.45) is 5.92 Å². The normalized spacial score (nSPS) is 15.2. The third-order valence-corrected chi connectivity index (χ3v) is 5.73. The van der Waals surface area contributed by atoms with Crippen LogP contribution in [0.3, 0.4) is 0 Å².